The highest BCUT2D eigenvalue weighted by atomic mass is 16.5. The summed E-state index contributed by atoms with van der Waals surface area (Å²) in [5.41, 5.74) is 7.74. The zero-order valence-electron chi connectivity index (χ0n) is 10.6. The Bertz CT molecular complexity index is 618. The molecule has 2 rings (SSSR count). The standard InChI is InChI=1S/C15H14N2O2/c1-18-15-8-13(17)6-7-14(15)19-10-12-5-3-2-4-11(12)9-16/h2-8H,10,17H2,1H3. The summed E-state index contributed by atoms with van der Waals surface area (Å²) in [4.78, 5) is 0. The van der Waals surface area contributed by atoms with Crippen LogP contribution in [0, 0.1) is 11.3 Å². The van der Waals surface area contributed by atoms with Crippen LogP contribution in [0.4, 0.5) is 5.69 Å². The summed E-state index contributed by atoms with van der Waals surface area (Å²) in [6.07, 6.45) is 0. The normalized spacial score (nSPS) is 9.68. The zero-order valence-corrected chi connectivity index (χ0v) is 10.6. The van der Waals surface area contributed by atoms with Gasteiger partial charge >= 0.3 is 0 Å². The first kappa shape index (κ1) is 12.8. The molecular weight excluding hydrogens is 240 g/mol. The van der Waals surface area contributed by atoms with Crippen molar-refractivity contribution in [2.24, 2.45) is 0 Å². The molecule has 19 heavy (non-hydrogen) atoms. The summed E-state index contributed by atoms with van der Waals surface area (Å²) < 4.78 is 10.9. The first-order chi connectivity index (χ1) is 9.24. The predicted molar refractivity (Wildman–Crippen MR) is 72.9 cm³/mol. The first-order valence-corrected chi connectivity index (χ1v) is 5.79. The number of rotatable bonds is 4. The molecule has 0 unspecified atom stereocenters. The maximum atomic E-state index is 9.01. The van der Waals surface area contributed by atoms with E-state index in [0.717, 1.165) is 5.56 Å². The summed E-state index contributed by atoms with van der Waals surface area (Å²) in [5, 5.41) is 9.01. The lowest BCUT2D eigenvalue weighted by molar-refractivity contribution is 0.284. The second-order valence-electron chi connectivity index (χ2n) is 3.97. The summed E-state index contributed by atoms with van der Waals surface area (Å²) in [6, 6.07) is 14.7. The molecule has 0 saturated heterocycles. The molecule has 2 aromatic carbocycles. The second kappa shape index (κ2) is 5.78. The van der Waals surface area contributed by atoms with E-state index in [9.17, 15) is 0 Å². The third-order valence-corrected chi connectivity index (χ3v) is 2.71. The molecule has 2 N–H and O–H groups in total. The Labute approximate surface area is 112 Å². The van der Waals surface area contributed by atoms with E-state index >= 15 is 0 Å². The third-order valence-electron chi connectivity index (χ3n) is 2.71. The van der Waals surface area contributed by atoms with Gasteiger partial charge in [0, 0.05) is 17.3 Å². The van der Waals surface area contributed by atoms with Gasteiger partial charge in [-0.25, -0.2) is 0 Å². The second-order valence-corrected chi connectivity index (χ2v) is 3.97. The van der Waals surface area contributed by atoms with E-state index in [1.165, 1.54) is 0 Å². The zero-order chi connectivity index (χ0) is 13.7. The Morgan fingerprint density at radius 3 is 2.68 bits per heavy atom. The van der Waals surface area contributed by atoms with Gasteiger partial charge in [-0.15, -0.1) is 0 Å². The fourth-order valence-electron chi connectivity index (χ4n) is 1.71. The smallest absolute Gasteiger partial charge is 0.162 e. The Balaban J connectivity index is 2.17. The fourth-order valence-corrected chi connectivity index (χ4v) is 1.71. The van der Waals surface area contributed by atoms with E-state index in [2.05, 4.69) is 6.07 Å². The van der Waals surface area contributed by atoms with Crippen LogP contribution < -0.4 is 15.2 Å². The average molecular weight is 254 g/mol. The van der Waals surface area contributed by atoms with Crippen molar-refractivity contribution in [1.82, 2.24) is 0 Å². The van der Waals surface area contributed by atoms with Gasteiger partial charge in [-0.05, 0) is 18.2 Å². The lowest BCUT2D eigenvalue weighted by atomic mass is 10.1. The van der Waals surface area contributed by atoms with Crippen LogP contribution in [0.5, 0.6) is 11.5 Å². The molecule has 2 aromatic rings. The number of nitrogens with two attached hydrogens (primary N) is 1. The van der Waals surface area contributed by atoms with E-state index in [-0.39, 0.29) is 0 Å². The molecule has 0 aliphatic heterocycles. The first-order valence-electron chi connectivity index (χ1n) is 5.79. The maximum absolute atomic E-state index is 9.01. The minimum Gasteiger partial charge on any atom is -0.493 e. The van der Waals surface area contributed by atoms with Crippen LogP contribution in [0.3, 0.4) is 0 Å². The van der Waals surface area contributed by atoms with E-state index in [1.54, 1.807) is 31.4 Å². The molecule has 4 heteroatoms. The van der Waals surface area contributed by atoms with Crippen molar-refractivity contribution < 1.29 is 9.47 Å². The van der Waals surface area contributed by atoms with Gasteiger partial charge in [0.25, 0.3) is 0 Å². The van der Waals surface area contributed by atoms with Crippen molar-refractivity contribution >= 4 is 5.69 Å². The molecule has 0 aliphatic rings. The molecule has 0 atom stereocenters. The molecule has 0 bridgehead atoms. The largest absolute Gasteiger partial charge is 0.493 e. The van der Waals surface area contributed by atoms with Gasteiger partial charge in [0.2, 0.25) is 0 Å². The highest BCUT2D eigenvalue weighted by Crippen LogP contribution is 2.29. The fraction of sp³-hybridized carbons (Fsp3) is 0.133. The van der Waals surface area contributed by atoms with Gasteiger partial charge < -0.3 is 15.2 Å². The quantitative estimate of drug-likeness (QED) is 0.852. The topological polar surface area (TPSA) is 68.3 Å². The van der Waals surface area contributed by atoms with Gasteiger partial charge in [0.15, 0.2) is 11.5 Å². The van der Waals surface area contributed by atoms with Crippen LogP contribution in [0.15, 0.2) is 42.5 Å². The third kappa shape index (κ3) is 2.96. The summed E-state index contributed by atoms with van der Waals surface area (Å²) >= 11 is 0. The van der Waals surface area contributed by atoms with Gasteiger partial charge in [0.1, 0.15) is 6.61 Å². The lowest BCUT2D eigenvalue weighted by Crippen LogP contribution is -2.00. The number of nitrogen functional groups attached to an aromatic ring is 1. The van der Waals surface area contributed by atoms with Crippen molar-refractivity contribution in [3.05, 3.63) is 53.6 Å². The SMILES string of the molecule is COc1cc(N)ccc1OCc1ccccc1C#N. The molecule has 0 aromatic heterocycles. The number of hydrogen-bond donors (Lipinski definition) is 1. The molecule has 4 nitrogen and oxygen atoms in total. The number of methoxy groups -OCH3 is 1. The monoisotopic (exact) mass is 254 g/mol. The van der Waals surface area contributed by atoms with E-state index < -0.39 is 0 Å². The Kier molecular flexibility index (Phi) is 3.89. The van der Waals surface area contributed by atoms with Crippen LogP contribution in [0.1, 0.15) is 11.1 Å². The summed E-state index contributed by atoms with van der Waals surface area (Å²) in [5.74, 6) is 1.18. The molecule has 0 aliphatic carbocycles. The highest BCUT2D eigenvalue weighted by molar-refractivity contribution is 5.52. The van der Waals surface area contributed by atoms with Gasteiger partial charge in [-0.3, -0.25) is 0 Å². The summed E-state index contributed by atoms with van der Waals surface area (Å²) in [6.45, 7) is 0.310. The molecule has 0 heterocycles. The number of hydrogen-bond acceptors (Lipinski definition) is 4. The lowest BCUT2D eigenvalue weighted by Gasteiger charge is -2.11. The number of nitriles is 1. The van der Waals surface area contributed by atoms with Crippen molar-refractivity contribution in [2.45, 2.75) is 6.61 Å². The van der Waals surface area contributed by atoms with Crippen molar-refractivity contribution in [2.75, 3.05) is 12.8 Å². The Hall–Kier alpha value is -2.67. The predicted octanol–water partition coefficient (Wildman–Crippen LogP) is 2.73. The van der Waals surface area contributed by atoms with Crippen LogP contribution >= 0.6 is 0 Å². The van der Waals surface area contributed by atoms with Crippen LogP contribution in [0.25, 0.3) is 0 Å². The molecular formula is C15H14N2O2. The van der Waals surface area contributed by atoms with Crippen molar-refractivity contribution in [3.63, 3.8) is 0 Å². The minimum atomic E-state index is 0.310. The molecule has 96 valence electrons. The maximum Gasteiger partial charge on any atom is 0.162 e. The van der Waals surface area contributed by atoms with E-state index in [4.69, 9.17) is 20.5 Å². The van der Waals surface area contributed by atoms with Crippen LogP contribution in [0.2, 0.25) is 0 Å². The van der Waals surface area contributed by atoms with Gasteiger partial charge in [0.05, 0.1) is 18.7 Å². The molecule has 0 saturated carbocycles. The molecule has 0 fully saturated rings. The van der Waals surface area contributed by atoms with Crippen LogP contribution in [-0.2, 0) is 6.61 Å². The van der Waals surface area contributed by atoms with Gasteiger partial charge in [-0.1, -0.05) is 18.2 Å². The van der Waals surface area contributed by atoms with E-state index in [1.807, 2.05) is 18.2 Å². The average Bonchev–Trinajstić information content (AvgIpc) is 2.46. The Morgan fingerprint density at radius 2 is 1.95 bits per heavy atom. The number of benzene rings is 2. The number of nitrogens with zero attached hydrogens (tertiary/aromatic N) is 1. The minimum absolute atomic E-state index is 0.310. The highest BCUT2D eigenvalue weighted by Gasteiger charge is 2.06. The van der Waals surface area contributed by atoms with Crippen molar-refractivity contribution in [3.8, 4) is 17.6 Å². The van der Waals surface area contributed by atoms with Gasteiger partial charge in [-0.2, -0.15) is 5.26 Å². The van der Waals surface area contributed by atoms with Crippen LogP contribution in [-0.4, -0.2) is 7.11 Å². The number of ether oxygens (including phenoxy) is 2. The van der Waals surface area contributed by atoms with Crippen molar-refractivity contribution in [1.29, 1.82) is 5.26 Å². The Morgan fingerprint density at radius 1 is 1.16 bits per heavy atom. The molecule has 0 amide bonds. The van der Waals surface area contributed by atoms with E-state index in [0.29, 0.717) is 29.4 Å². The number of anilines is 1. The summed E-state index contributed by atoms with van der Waals surface area (Å²) in [7, 11) is 1.56. The molecule has 0 radical (unpaired) electrons. The molecule has 0 spiro atoms.